The first kappa shape index (κ1) is 12.7. The van der Waals surface area contributed by atoms with Crippen molar-refractivity contribution in [3.8, 4) is 5.75 Å². The average molecular weight is 267 g/mol. The van der Waals surface area contributed by atoms with Crippen LogP contribution in [0.25, 0.3) is 10.9 Å². The Morgan fingerprint density at radius 2 is 2.15 bits per heavy atom. The smallest absolute Gasteiger partial charge is 0.145 e. The number of hydrogen-bond acceptors (Lipinski definition) is 3. The zero-order valence-electron chi connectivity index (χ0n) is 11.5. The highest BCUT2D eigenvalue weighted by molar-refractivity contribution is 5.84. The Morgan fingerprint density at radius 3 is 3.00 bits per heavy atom. The Morgan fingerprint density at radius 1 is 1.20 bits per heavy atom. The van der Waals surface area contributed by atoms with Gasteiger partial charge in [-0.05, 0) is 25.5 Å². The second kappa shape index (κ2) is 5.74. The van der Waals surface area contributed by atoms with E-state index in [-0.39, 0.29) is 0 Å². The normalized spacial score (nSPS) is 10.8. The van der Waals surface area contributed by atoms with E-state index in [1.54, 1.807) is 6.20 Å². The van der Waals surface area contributed by atoms with Gasteiger partial charge in [0.1, 0.15) is 11.3 Å². The lowest BCUT2D eigenvalue weighted by Gasteiger charge is -2.09. The maximum Gasteiger partial charge on any atom is 0.145 e. The molecule has 0 spiro atoms. The molecule has 20 heavy (non-hydrogen) atoms. The summed E-state index contributed by atoms with van der Waals surface area (Å²) in [4.78, 5) is 8.59. The molecule has 102 valence electrons. The molecule has 0 saturated heterocycles. The molecule has 0 radical (unpaired) electrons. The quantitative estimate of drug-likeness (QED) is 0.666. The van der Waals surface area contributed by atoms with Crippen molar-refractivity contribution in [3.63, 3.8) is 0 Å². The first-order valence-corrected chi connectivity index (χ1v) is 6.78. The Labute approximate surface area is 118 Å². The Bertz CT molecular complexity index is 692. The van der Waals surface area contributed by atoms with Crippen molar-refractivity contribution >= 4 is 10.9 Å². The lowest BCUT2D eigenvalue weighted by Crippen LogP contribution is -2.03. The highest BCUT2D eigenvalue weighted by Crippen LogP contribution is 2.23. The fourth-order valence-electron chi connectivity index (χ4n) is 2.18. The molecule has 4 nitrogen and oxygen atoms in total. The van der Waals surface area contributed by atoms with E-state index in [0.717, 1.165) is 35.3 Å². The van der Waals surface area contributed by atoms with Crippen LogP contribution in [0.2, 0.25) is 0 Å². The van der Waals surface area contributed by atoms with Gasteiger partial charge in [-0.3, -0.25) is 0 Å². The van der Waals surface area contributed by atoms with E-state index in [4.69, 9.17) is 4.74 Å². The fourth-order valence-corrected chi connectivity index (χ4v) is 2.18. The number of aromatic nitrogens is 3. The van der Waals surface area contributed by atoms with Crippen molar-refractivity contribution < 1.29 is 4.74 Å². The maximum absolute atomic E-state index is 5.88. The second-order valence-corrected chi connectivity index (χ2v) is 4.78. The molecule has 4 heteroatoms. The number of ether oxygens (including phenoxy) is 1. The number of fused-ring (bicyclic) bond motifs is 1. The van der Waals surface area contributed by atoms with Crippen LogP contribution in [-0.2, 0) is 6.54 Å². The summed E-state index contributed by atoms with van der Waals surface area (Å²) in [6.07, 6.45) is 6.52. The number of aryl methyl sites for hydroxylation is 2. The Balaban J connectivity index is 1.66. The van der Waals surface area contributed by atoms with Gasteiger partial charge in [0.2, 0.25) is 0 Å². The number of nitrogens with zero attached hydrogens (tertiary/aromatic N) is 3. The predicted octanol–water partition coefficient (Wildman–Crippen LogP) is 3.21. The lowest BCUT2D eigenvalue weighted by molar-refractivity contribution is 0.304. The summed E-state index contributed by atoms with van der Waals surface area (Å²) in [6, 6.07) is 10.1. The molecule has 0 amide bonds. The third-order valence-electron chi connectivity index (χ3n) is 3.20. The van der Waals surface area contributed by atoms with Crippen molar-refractivity contribution in [1.82, 2.24) is 14.5 Å². The number of hydrogen-bond donors (Lipinski definition) is 0. The zero-order valence-corrected chi connectivity index (χ0v) is 11.5. The third kappa shape index (κ3) is 2.79. The van der Waals surface area contributed by atoms with Crippen LogP contribution in [0, 0.1) is 6.92 Å². The van der Waals surface area contributed by atoms with Gasteiger partial charge < -0.3 is 9.30 Å². The summed E-state index contributed by atoms with van der Waals surface area (Å²) in [5, 5.41) is 1.11. The molecule has 0 N–H and O–H groups in total. The van der Waals surface area contributed by atoms with E-state index < -0.39 is 0 Å². The summed E-state index contributed by atoms with van der Waals surface area (Å²) in [7, 11) is 0. The van der Waals surface area contributed by atoms with Gasteiger partial charge in [-0.15, -0.1) is 0 Å². The Hall–Kier alpha value is -2.36. The van der Waals surface area contributed by atoms with E-state index >= 15 is 0 Å². The van der Waals surface area contributed by atoms with Crippen LogP contribution in [-0.4, -0.2) is 21.1 Å². The van der Waals surface area contributed by atoms with Crippen molar-refractivity contribution in [2.24, 2.45) is 0 Å². The van der Waals surface area contributed by atoms with Gasteiger partial charge in [0.05, 0.1) is 12.9 Å². The summed E-state index contributed by atoms with van der Waals surface area (Å²) in [5.41, 5.74) is 1.95. The van der Waals surface area contributed by atoms with E-state index in [1.165, 1.54) is 0 Å². The molecule has 0 aliphatic heterocycles. The number of benzene rings is 1. The average Bonchev–Trinajstić information content (AvgIpc) is 2.97. The number of rotatable bonds is 5. The van der Waals surface area contributed by atoms with Gasteiger partial charge in [-0.25, -0.2) is 9.97 Å². The summed E-state index contributed by atoms with van der Waals surface area (Å²) < 4.78 is 7.93. The number of para-hydroxylation sites is 1. The largest absolute Gasteiger partial charge is 0.491 e. The monoisotopic (exact) mass is 267 g/mol. The minimum atomic E-state index is 0.674. The molecule has 0 aliphatic carbocycles. The van der Waals surface area contributed by atoms with Crippen LogP contribution >= 0.6 is 0 Å². The minimum Gasteiger partial charge on any atom is -0.491 e. The van der Waals surface area contributed by atoms with Crippen LogP contribution < -0.4 is 4.74 Å². The number of imidazole rings is 1. The standard InChI is InChI=1S/C16H17N3O/c1-13-6-7-14-4-2-5-15(16(14)18-13)20-11-3-9-19-10-8-17-12-19/h2,4-8,10,12H,3,9,11H2,1H3. The first-order chi connectivity index (χ1) is 9.83. The Kier molecular flexibility index (Phi) is 3.63. The molecule has 0 saturated carbocycles. The van der Waals surface area contributed by atoms with E-state index in [9.17, 15) is 0 Å². The molecule has 3 rings (SSSR count). The molecule has 3 aromatic rings. The van der Waals surface area contributed by atoms with Crippen LogP contribution in [0.3, 0.4) is 0 Å². The molecule has 0 bridgehead atoms. The van der Waals surface area contributed by atoms with Gasteiger partial charge in [0.25, 0.3) is 0 Å². The van der Waals surface area contributed by atoms with Crippen molar-refractivity contribution in [1.29, 1.82) is 0 Å². The molecule has 0 unspecified atom stereocenters. The van der Waals surface area contributed by atoms with Crippen molar-refractivity contribution in [2.75, 3.05) is 6.61 Å². The maximum atomic E-state index is 5.88. The molecular weight excluding hydrogens is 250 g/mol. The van der Waals surface area contributed by atoms with Gasteiger partial charge in [-0.1, -0.05) is 18.2 Å². The number of pyridine rings is 1. The third-order valence-corrected chi connectivity index (χ3v) is 3.20. The molecular formula is C16H17N3O. The molecule has 2 heterocycles. The summed E-state index contributed by atoms with van der Waals surface area (Å²) >= 11 is 0. The van der Waals surface area contributed by atoms with Gasteiger partial charge in [-0.2, -0.15) is 0 Å². The predicted molar refractivity (Wildman–Crippen MR) is 78.8 cm³/mol. The topological polar surface area (TPSA) is 39.9 Å². The lowest BCUT2D eigenvalue weighted by atomic mass is 10.2. The highest BCUT2D eigenvalue weighted by atomic mass is 16.5. The highest BCUT2D eigenvalue weighted by Gasteiger charge is 2.03. The van der Waals surface area contributed by atoms with Crippen molar-refractivity contribution in [3.05, 3.63) is 54.7 Å². The van der Waals surface area contributed by atoms with E-state index in [2.05, 4.69) is 26.7 Å². The van der Waals surface area contributed by atoms with Crippen LogP contribution in [0.4, 0.5) is 0 Å². The molecule has 0 fully saturated rings. The second-order valence-electron chi connectivity index (χ2n) is 4.78. The summed E-state index contributed by atoms with van der Waals surface area (Å²) in [5.74, 6) is 0.858. The van der Waals surface area contributed by atoms with Crippen LogP contribution in [0.5, 0.6) is 5.75 Å². The van der Waals surface area contributed by atoms with Gasteiger partial charge in [0.15, 0.2) is 0 Å². The summed E-state index contributed by atoms with van der Waals surface area (Å²) in [6.45, 7) is 3.58. The van der Waals surface area contributed by atoms with E-state index in [1.807, 2.05) is 37.6 Å². The van der Waals surface area contributed by atoms with Gasteiger partial charge >= 0.3 is 0 Å². The van der Waals surface area contributed by atoms with Crippen molar-refractivity contribution in [2.45, 2.75) is 19.9 Å². The minimum absolute atomic E-state index is 0.674. The SMILES string of the molecule is Cc1ccc2cccc(OCCCn3ccnc3)c2n1. The van der Waals surface area contributed by atoms with E-state index in [0.29, 0.717) is 6.61 Å². The van der Waals surface area contributed by atoms with Crippen LogP contribution in [0.1, 0.15) is 12.1 Å². The molecule has 2 aromatic heterocycles. The first-order valence-electron chi connectivity index (χ1n) is 6.78. The molecule has 1 aromatic carbocycles. The molecule has 0 aliphatic rings. The fraction of sp³-hybridized carbons (Fsp3) is 0.250. The van der Waals surface area contributed by atoms with Crippen LogP contribution in [0.15, 0.2) is 49.1 Å². The molecule has 0 atom stereocenters. The van der Waals surface area contributed by atoms with Gasteiger partial charge in [0, 0.05) is 30.0 Å². The zero-order chi connectivity index (χ0) is 13.8.